The average molecular weight is 436 g/mol. The number of aromatic nitrogens is 4. The molecular formula is C20H17ClF3N5O. The van der Waals surface area contributed by atoms with E-state index in [0.29, 0.717) is 28.2 Å². The minimum Gasteiger partial charge on any atom is -0.333 e. The minimum absolute atomic E-state index is 0.0943. The Morgan fingerprint density at radius 2 is 1.97 bits per heavy atom. The molecule has 0 aliphatic rings. The lowest BCUT2D eigenvalue weighted by Gasteiger charge is -2.12. The van der Waals surface area contributed by atoms with Crippen LogP contribution in [0, 0.1) is 5.82 Å². The van der Waals surface area contributed by atoms with E-state index in [9.17, 15) is 18.0 Å². The lowest BCUT2D eigenvalue weighted by molar-refractivity contribution is 0.111. The summed E-state index contributed by atoms with van der Waals surface area (Å²) in [5.41, 5.74) is 6.34. The molecule has 30 heavy (non-hydrogen) atoms. The van der Waals surface area contributed by atoms with Crippen LogP contribution in [-0.2, 0) is 6.54 Å². The van der Waals surface area contributed by atoms with E-state index >= 15 is 0 Å². The van der Waals surface area contributed by atoms with Gasteiger partial charge in [0.1, 0.15) is 17.2 Å². The molecule has 0 bridgehead atoms. The van der Waals surface area contributed by atoms with Gasteiger partial charge in [0.05, 0.1) is 30.5 Å². The Hall–Kier alpha value is -3.17. The summed E-state index contributed by atoms with van der Waals surface area (Å²) >= 11 is 5.99. The van der Waals surface area contributed by atoms with E-state index in [1.54, 1.807) is 18.3 Å². The Labute approximate surface area is 174 Å². The molecule has 0 aliphatic heterocycles. The molecule has 6 nitrogen and oxygen atoms in total. The Bertz CT molecular complexity index is 1190. The molecule has 156 valence electrons. The van der Waals surface area contributed by atoms with E-state index in [4.69, 9.17) is 11.6 Å². The van der Waals surface area contributed by atoms with Crippen molar-refractivity contribution in [3.63, 3.8) is 0 Å². The summed E-state index contributed by atoms with van der Waals surface area (Å²) in [6.45, 7) is -0.618. The van der Waals surface area contributed by atoms with Crippen molar-refractivity contribution in [1.29, 1.82) is 0 Å². The molecule has 0 aliphatic carbocycles. The van der Waals surface area contributed by atoms with Crippen LogP contribution in [-0.4, -0.2) is 38.7 Å². The first-order chi connectivity index (χ1) is 14.5. The average Bonchev–Trinajstić information content (AvgIpc) is 3.34. The second kappa shape index (κ2) is 9.10. The van der Waals surface area contributed by atoms with Gasteiger partial charge in [0.15, 0.2) is 6.29 Å². The number of halogens is 4. The molecule has 0 amide bonds. The van der Waals surface area contributed by atoms with Crippen LogP contribution < -0.4 is 5.73 Å². The number of rotatable bonds is 5. The summed E-state index contributed by atoms with van der Waals surface area (Å²) in [7, 11) is 1.50. The molecule has 10 heteroatoms. The molecular weight excluding hydrogens is 419 g/mol. The first-order valence-electron chi connectivity index (χ1n) is 8.77. The van der Waals surface area contributed by atoms with Gasteiger partial charge >= 0.3 is 0 Å². The van der Waals surface area contributed by atoms with E-state index in [-0.39, 0.29) is 17.0 Å². The fraction of sp³-hybridized carbons (Fsp3) is 0.150. The van der Waals surface area contributed by atoms with Crippen molar-refractivity contribution in [2.24, 2.45) is 5.73 Å². The number of benzene rings is 1. The first kappa shape index (κ1) is 21.5. The zero-order chi connectivity index (χ0) is 21.8. The van der Waals surface area contributed by atoms with Crippen LogP contribution in [0.25, 0.3) is 28.2 Å². The van der Waals surface area contributed by atoms with E-state index in [1.165, 1.54) is 46.7 Å². The fourth-order valence-corrected chi connectivity index (χ4v) is 3.25. The second-order valence-electron chi connectivity index (χ2n) is 6.06. The van der Waals surface area contributed by atoms with Gasteiger partial charge in [0, 0.05) is 22.3 Å². The number of imidazole rings is 2. The number of hydrogen-bond acceptors (Lipinski definition) is 4. The number of nitrogens with zero attached hydrogens (tertiary/aromatic N) is 4. The molecule has 4 aromatic rings. The molecule has 0 unspecified atom stereocenters. The second-order valence-corrected chi connectivity index (χ2v) is 6.49. The topological polar surface area (TPSA) is 78.2 Å². The highest BCUT2D eigenvalue weighted by Gasteiger charge is 2.21. The zero-order valence-corrected chi connectivity index (χ0v) is 16.5. The third-order valence-corrected chi connectivity index (χ3v) is 4.52. The van der Waals surface area contributed by atoms with Gasteiger partial charge in [-0.15, -0.1) is 0 Å². The number of aldehydes is 1. The van der Waals surface area contributed by atoms with Gasteiger partial charge in [0.2, 0.25) is 0 Å². The molecule has 0 fully saturated rings. The van der Waals surface area contributed by atoms with Crippen LogP contribution in [0.1, 0.15) is 10.5 Å². The Kier molecular flexibility index (Phi) is 6.53. The molecule has 0 radical (unpaired) electrons. The van der Waals surface area contributed by atoms with Gasteiger partial charge < -0.3 is 10.3 Å². The Morgan fingerprint density at radius 3 is 2.67 bits per heavy atom. The highest BCUT2D eigenvalue weighted by Crippen LogP contribution is 2.34. The van der Waals surface area contributed by atoms with Crippen molar-refractivity contribution in [1.82, 2.24) is 18.9 Å². The summed E-state index contributed by atoms with van der Waals surface area (Å²) in [4.78, 5) is 19.5. The lowest BCUT2D eigenvalue weighted by atomic mass is 10.1. The van der Waals surface area contributed by atoms with Crippen molar-refractivity contribution in [3.05, 3.63) is 65.6 Å². The molecule has 0 saturated heterocycles. The minimum atomic E-state index is -2.63. The predicted octanol–water partition coefficient (Wildman–Crippen LogP) is 4.31. The van der Waals surface area contributed by atoms with Crippen molar-refractivity contribution in [2.45, 2.75) is 13.0 Å². The number of carbonyl (C=O) groups excluding carboxylic acids is 1. The lowest BCUT2D eigenvalue weighted by Crippen LogP contribution is -2.07. The van der Waals surface area contributed by atoms with Gasteiger partial charge in [-0.3, -0.25) is 9.20 Å². The highest BCUT2D eigenvalue weighted by atomic mass is 35.5. The number of fused-ring (bicyclic) bond motifs is 1. The maximum Gasteiger partial charge on any atom is 0.256 e. The monoisotopic (exact) mass is 435 g/mol. The quantitative estimate of drug-likeness (QED) is 0.474. The molecule has 4 rings (SSSR count). The fourth-order valence-electron chi connectivity index (χ4n) is 3.07. The molecule has 3 heterocycles. The summed E-state index contributed by atoms with van der Waals surface area (Å²) in [6.07, 6.45) is 2.22. The molecule has 0 saturated carbocycles. The normalized spacial score (nSPS) is 10.9. The van der Waals surface area contributed by atoms with Crippen molar-refractivity contribution in [3.8, 4) is 22.5 Å². The predicted molar refractivity (Wildman–Crippen MR) is 108 cm³/mol. The smallest absolute Gasteiger partial charge is 0.256 e. The van der Waals surface area contributed by atoms with Crippen LogP contribution in [0.3, 0.4) is 0 Å². The van der Waals surface area contributed by atoms with Crippen molar-refractivity contribution < 1.29 is 18.0 Å². The third-order valence-electron chi connectivity index (χ3n) is 4.28. The van der Waals surface area contributed by atoms with Crippen LogP contribution in [0.5, 0.6) is 0 Å². The van der Waals surface area contributed by atoms with Crippen LogP contribution in [0.4, 0.5) is 13.2 Å². The van der Waals surface area contributed by atoms with Gasteiger partial charge in [-0.2, -0.15) is 0 Å². The number of nitrogens with two attached hydrogens (primary N) is 1. The SMILES string of the molecule is CN.O=Cc1cnc2ccc(-c3c(-c4cc(Cl)ccc4F)ncn3CC(F)F)cn12. The highest BCUT2D eigenvalue weighted by molar-refractivity contribution is 6.30. The molecule has 3 aromatic heterocycles. The Morgan fingerprint density at radius 1 is 1.20 bits per heavy atom. The van der Waals surface area contributed by atoms with E-state index in [1.807, 2.05) is 0 Å². The number of pyridine rings is 1. The maximum atomic E-state index is 14.4. The van der Waals surface area contributed by atoms with Gasteiger partial charge in [-0.1, -0.05) is 11.6 Å². The summed E-state index contributed by atoms with van der Waals surface area (Å²) in [6, 6.07) is 7.27. The standard InChI is InChI=1S/C19H12ClF3N4O.CH5N/c20-12-2-3-15(21)14(5-12)18-19(26(10-25-18)8-16(22)23)11-1-4-17-24-6-13(9-28)27(17)7-11;1-2/h1-7,9-10,16H,8H2;2H2,1H3. The van der Waals surface area contributed by atoms with Crippen LogP contribution in [0.2, 0.25) is 5.02 Å². The van der Waals surface area contributed by atoms with E-state index in [2.05, 4.69) is 15.7 Å². The third kappa shape index (κ3) is 4.07. The maximum absolute atomic E-state index is 14.4. The van der Waals surface area contributed by atoms with Crippen LogP contribution >= 0.6 is 11.6 Å². The van der Waals surface area contributed by atoms with E-state index in [0.717, 1.165) is 0 Å². The molecule has 2 N–H and O–H groups in total. The largest absolute Gasteiger partial charge is 0.333 e. The molecule has 1 aromatic carbocycles. The zero-order valence-electron chi connectivity index (χ0n) is 15.8. The van der Waals surface area contributed by atoms with Crippen LogP contribution in [0.15, 0.2) is 49.1 Å². The Balaban J connectivity index is 0.00000124. The number of carbonyl (C=O) groups is 1. The van der Waals surface area contributed by atoms with Gasteiger partial charge in [0.25, 0.3) is 6.43 Å². The van der Waals surface area contributed by atoms with Gasteiger partial charge in [-0.25, -0.2) is 23.1 Å². The molecule has 0 atom stereocenters. The summed E-state index contributed by atoms with van der Waals surface area (Å²) in [5.74, 6) is -0.578. The summed E-state index contributed by atoms with van der Waals surface area (Å²) in [5, 5.41) is 0.291. The number of alkyl halides is 2. The molecule has 0 spiro atoms. The first-order valence-corrected chi connectivity index (χ1v) is 9.15. The number of hydrogen-bond donors (Lipinski definition) is 1. The summed E-state index contributed by atoms with van der Waals surface area (Å²) < 4.78 is 43.4. The van der Waals surface area contributed by atoms with Crippen molar-refractivity contribution >= 4 is 23.5 Å². The van der Waals surface area contributed by atoms with Crippen molar-refractivity contribution in [2.75, 3.05) is 7.05 Å². The van der Waals surface area contributed by atoms with E-state index < -0.39 is 18.8 Å². The van der Waals surface area contributed by atoms with Gasteiger partial charge in [-0.05, 0) is 37.4 Å².